The molecule has 45 heavy (non-hydrogen) atoms. The van der Waals surface area contributed by atoms with Crippen molar-refractivity contribution in [3.8, 4) is 11.4 Å². The summed E-state index contributed by atoms with van der Waals surface area (Å²) in [6.45, 7) is 6.20. The molecule has 1 heterocycles. The Hall–Kier alpha value is -3.45. The van der Waals surface area contributed by atoms with Crippen LogP contribution in [0.2, 0.25) is 0 Å². The molecule has 2 aromatic carbocycles. The number of halogens is 2. The number of allylic oxidation sites excluding steroid dienone is 4. The van der Waals surface area contributed by atoms with Crippen LogP contribution in [0.15, 0.2) is 94.3 Å². The number of fused-ring (bicyclic) bond motifs is 1. The lowest BCUT2D eigenvalue weighted by Gasteiger charge is -2.33. The number of nitrogens with zero attached hydrogens (tertiary/aromatic N) is 4. The van der Waals surface area contributed by atoms with Gasteiger partial charge in [0, 0.05) is 18.7 Å². The Kier molecular flexibility index (Phi) is 12.0. The molecule has 1 aliphatic rings. The molecule has 1 aliphatic carbocycles. The molecule has 0 amide bonds. The summed E-state index contributed by atoms with van der Waals surface area (Å²) in [6, 6.07) is 14.5. The fourth-order valence-electron chi connectivity index (χ4n) is 5.52. The predicted molar refractivity (Wildman–Crippen MR) is 182 cm³/mol. The molecule has 10 heteroatoms. The minimum absolute atomic E-state index is 0.0430. The van der Waals surface area contributed by atoms with E-state index in [1.54, 1.807) is 16.7 Å². The quantitative estimate of drug-likeness (QED) is 0.157. The molecular weight excluding hydrogens is 591 g/mol. The third-order valence-electron chi connectivity index (χ3n) is 7.71. The van der Waals surface area contributed by atoms with Crippen molar-refractivity contribution in [3.63, 3.8) is 0 Å². The smallest absolute Gasteiger partial charge is 0.266 e. The van der Waals surface area contributed by atoms with Gasteiger partial charge in [-0.2, -0.15) is 0 Å². The molecule has 0 spiro atoms. The van der Waals surface area contributed by atoms with Crippen LogP contribution in [0, 0.1) is 0 Å². The van der Waals surface area contributed by atoms with Crippen LogP contribution in [-0.2, 0) is 0 Å². The molecule has 0 bridgehead atoms. The maximum Gasteiger partial charge on any atom is 0.266 e. The molecule has 1 aromatic heterocycles. The van der Waals surface area contributed by atoms with Crippen LogP contribution in [0.5, 0.6) is 5.75 Å². The predicted octanol–water partition coefficient (Wildman–Crippen LogP) is 6.25. The highest BCUT2D eigenvalue weighted by molar-refractivity contribution is 7.19. The van der Waals surface area contributed by atoms with E-state index in [1.807, 2.05) is 72.7 Å². The lowest BCUT2D eigenvalue weighted by Crippen LogP contribution is -2.38. The van der Waals surface area contributed by atoms with Crippen molar-refractivity contribution in [3.05, 3.63) is 106 Å². The van der Waals surface area contributed by atoms with Crippen molar-refractivity contribution in [2.24, 2.45) is 5.73 Å². The standard InChI is InChI=1S/C35H44F2N5O2P/c1-5-44-27-16-14-26(15-17-27)42-33(39-31-13-7-6-11-28(31)34(42)43)32(18-20-38)41(22-9-21-40(3)4)23-19-25-10-8-12-29(30(36)24-25)35(2,37)45/h6-8,11-17,24,32H,5,9,18-23,38,45H2,1-4H3. The molecule has 3 aromatic rings. The van der Waals surface area contributed by atoms with Crippen molar-refractivity contribution >= 4 is 20.1 Å². The molecule has 0 radical (unpaired) electrons. The van der Waals surface area contributed by atoms with Gasteiger partial charge in [0.05, 0.1) is 29.2 Å². The maximum absolute atomic E-state index is 15.1. The molecule has 3 unspecified atom stereocenters. The Balaban J connectivity index is 1.78. The SMILES string of the molecule is CCOc1ccc(-n2c(C(CCN)N(CCCN(C)C)CCC3=C=CC=C(C(C)(F)P)C(F)=C3)nc3ccccc3c2=O)cc1. The molecule has 3 atom stereocenters. The first kappa shape index (κ1) is 34.4. The average Bonchev–Trinajstić information content (AvgIpc) is 3.19. The van der Waals surface area contributed by atoms with Crippen LogP contribution in [0.1, 0.15) is 45.0 Å². The number of rotatable bonds is 15. The van der Waals surface area contributed by atoms with Crippen molar-refractivity contribution in [1.29, 1.82) is 0 Å². The molecule has 0 fully saturated rings. The third kappa shape index (κ3) is 8.84. The number of aromatic nitrogens is 2. The number of nitrogens with two attached hydrogens (primary N) is 1. The van der Waals surface area contributed by atoms with Gasteiger partial charge in [-0.15, -0.1) is 5.73 Å². The Bertz CT molecular complexity index is 1650. The zero-order valence-corrected chi connectivity index (χ0v) is 27.8. The third-order valence-corrected chi connectivity index (χ3v) is 8.02. The van der Waals surface area contributed by atoms with E-state index in [2.05, 4.69) is 15.5 Å². The van der Waals surface area contributed by atoms with E-state index in [0.717, 1.165) is 13.0 Å². The van der Waals surface area contributed by atoms with Gasteiger partial charge in [-0.1, -0.05) is 21.4 Å². The summed E-state index contributed by atoms with van der Waals surface area (Å²) < 4.78 is 37.0. The van der Waals surface area contributed by atoms with Crippen molar-refractivity contribution in [2.45, 2.75) is 44.6 Å². The van der Waals surface area contributed by atoms with Crippen LogP contribution in [0.25, 0.3) is 16.6 Å². The fourth-order valence-corrected chi connectivity index (χ4v) is 5.75. The summed E-state index contributed by atoms with van der Waals surface area (Å²) in [5.74, 6) is 0.681. The number of alkyl halides is 1. The van der Waals surface area contributed by atoms with Gasteiger partial charge < -0.3 is 15.4 Å². The zero-order chi connectivity index (χ0) is 32.6. The molecule has 0 saturated heterocycles. The number of ether oxygens (including phenoxy) is 1. The minimum atomic E-state index is -1.90. The van der Waals surface area contributed by atoms with Crippen molar-refractivity contribution < 1.29 is 13.5 Å². The highest BCUT2D eigenvalue weighted by atomic mass is 31.0. The molecule has 7 nitrogen and oxygen atoms in total. The van der Waals surface area contributed by atoms with E-state index < -0.39 is 11.2 Å². The topological polar surface area (TPSA) is 76.6 Å². The molecule has 240 valence electrons. The highest BCUT2D eigenvalue weighted by Gasteiger charge is 2.28. The largest absolute Gasteiger partial charge is 0.494 e. The second kappa shape index (κ2) is 15.7. The van der Waals surface area contributed by atoms with Gasteiger partial charge >= 0.3 is 0 Å². The second-order valence-electron chi connectivity index (χ2n) is 11.6. The number of para-hydroxylation sites is 1. The van der Waals surface area contributed by atoms with Gasteiger partial charge in [0.2, 0.25) is 0 Å². The summed E-state index contributed by atoms with van der Waals surface area (Å²) in [4.78, 5) is 23.6. The van der Waals surface area contributed by atoms with Gasteiger partial charge in [0.25, 0.3) is 5.56 Å². The molecule has 4 rings (SSSR count). The Morgan fingerprint density at radius 3 is 2.53 bits per heavy atom. The Morgan fingerprint density at radius 2 is 1.87 bits per heavy atom. The lowest BCUT2D eigenvalue weighted by atomic mass is 10.1. The van der Waals surface area contributed by atoms with Gasteiger partial charge in [0.15, 0.2) is 0 Å². The van der Waals surface area contributed by atoms with Gasteiger partial charge in [-0.25, -0.2) is 13.8 Å². The summed E-state index contributed by atoms with van der Waals surface area (Å²) in [5.41, 5.74) is 11.0. The maximum atomic E-state index is 15.1. The van der Waals surface area contributed by atoms with E-state index >= 15 is 4.39 Å². The first-order valence-electron chi connectivity index (χ1n) is 15.4. The van der Waals surface area contributed by atoms with E-state index in [1.165, 1.54) is 19.1 Å². The minimum Gasteiger partial charge on any atom is -0.494 e. The molecule has 0 saturated carbocycles. The zero-order valence-electron chi connectivity index (χ0n) is 26.6. The molecular formula is C35H44F2N5O2P. The average molecular weight is 636 g/mol. The van der Waals surface area contributed by atoms with Gasteiger partial charge in [-0.05, 0) is 120 Å². The van der Waals surface area contributed by atoms with E-state index in [0.29, 0.717) is 72.8 Å². The summed E-state index contributed by atoms with van der Waals surface area (Å²) in [5, 5.41) is -1.38. The number of hydrogen-bond acceptors (Lipinski definition) is 6. The molecule has 2 N–H and O–H groups in total. The fraction of sp³-hybridized carbons (Fsp3) is 0.400. The van der Waals surface area contributed by atoms with Crippen LogP contribution in [0.3, 0.4) is 0 Å². The highest BCUT2D eigenvalue weighted by Crippen LogP contribution is 2.36. The number of hydrogen-bond donors (Lipinski definition) is 1. The van der Waals surface area contributed by atoms with Gasteiger partial charge in [0.1, 0.15) is 22.8 Å². The Labute approximate surface area is 267 Å². The number of benzene rings is 2. The van der Waals surface area contributed by atoms with Crippen LogP contribution in [-0.4, -0.2) is 71.6 Å². The van der Waals surface area contributed by atoms with Crippen molar-refractivity contribution in [2.75, 3.05) is 46.9 Å². The summed E-state index contributed by atoms with van der Waals surface area (Å²) >= 11 is 0. The summed E-state index contributed by atoms with van der Waals surface area (Å²) in [6.07, 6.45) is 6.20. The second-order valence-corrected chi connectivity index (χ2v) is 12.7. The van der Waals surface area contributed by atoms with E-state index in [-0.39, 0.29) is 17.2 Å². The monoisotopic (exact) mass is 635 g/mol. The first-order chi connectivity index (χ1) is 21.5. The van der Waals surface area contributed by atoms with Crippen molar-refractivity contribution in [1.82, 2.24) is 19.4 Å². The van der Waals surface area contributed by atoms with Gasteiger partial charge in [-0.3, -0.25) is 14.3 Å². The first-order valence-corrected chi connectivity index (χ1v) is 16.0. The van der Waals surface area contributed by atoms with E-state index in [9.17, 15) is 9.18 Å². The normalized spacial score (nSPS) is 15.5. The van der Waals surface area contributed by atoms with Crippen LogP contribution in [0.4, 0.5) is 8.78 Å². The summed E-state index contributed by atoms with van der Waals surface area (Å²) in [7, 11) is 6.10. The van der Waals surface area contributed by atoms with Crippen LogP contribution >= 0.6 is 9.24 Å². The lowest BCUT2D eigenvalue weighted by molar-refractivity contribution is 0.173. The van der Waals surface area contributed by atoms with Crippen LogP contribution < -0.4 is 16.0 Å². The Morgan fingerprint density at radius 1 is 1.13 bits per heavy atom. The van der Waals surface area contributed by atoms with E-state index in [4.69, 9.17) is 15.5 Å². The molecule has 0 aliphatic heterocycles.